The first kappa shape index (κ1) is 15.1. The van der Waals surface area contributed by atoms with Crippen LogP contribution in [0.25, 0.3) is 0 Å². The van der Waals surface area contributed by atoms with E-state index in [2.05, 4.69) is 10.3 Å². The van der Waals surface area contributed by atoms with Crippen LogP contribution in [-0.4, -0.2) is 16.7 Å². The van der Waals surface area contributed by atoms with Crippen molar-refractivity contribution in [1.29, 1.82) is 0 Å². The highest BCUT2D eigenvalue weighted by Gasteiger charge is 2.30. The Morgan fingerprint density at radius 2 is 1.88 bits per heavy atom. The van der Waals surface area contributed by atoms with Gasteiger partial charge in [-0.1, -0.05) is 6.07 Å². The lowest BCUT2D eigenvalue weighted by Crippen LogP contribution is -2.14. The zero-order valence-corrected chi connectivity index (χ0v) is 13.9. The minimum Gasteiger partial charge on any atom is -0.448 e. The van der Waals surface area contributed by atoms with Crippen LogP contribution in [0.4, 0.5) is 5.69 Å². The Labute approximate surface area is 140 Å². The third-order valence-electron chi connectivity index (χ3n) is 4.72. The van der Waals surface area contributed by atoms with Crippen LogP contribution in [0, 0.1) is 6.92 Å². The van der Waals surface area contributed by atoms with Gasteiger partial charge in [-0.05, 0) is 62.6 Å². The van der Waals surface area contributed by atoms with E-state index in [1.165, 1.54) is 6.26 Å². The van der Waals surface area contributed by atoms with E-state index in [0.29, 0.717) is 29.0 Å². The summed E-state index contributed by atoms with van der Waals surface area (Å²) in [6, 6.07) is 3.83. The van der Waals surface area contributed by atoms with Gasteiger partial charge in [0.15, 0.2) is 17.4 Å². The highest BCUT2D eigenvalue weighted by atomic mass is 16.3. The molecule has 0 saturated heterocycles. The standard InChI is InChI=1S/C19H20N2O3/c1-10-7-15(12-3-4-12)14(11(2)22)8-16(10)20-18(23)17-9-24-19(21-17)13-5-6-13/h7-9,12-13H,3-6H2,1-2H3,(H,20,23). The minimum atomic E-state index is -0.303. The lowest BCUT2D eigenvalue weighted by Gasteiger charge is -2.13. The molecular weight excluding hydrogens is 304 g/mol. The van der Waals surface area contributed by atoms with Crippen LogP contribution >= 0.6 is 0 Å². The molecule has 124 valence electrons. The minimum absolute atomic E-state index is 0.0323. The fourth-order valence-electron chi connectivity index (χ4n) is 3.00. The topological polar surface area (TPSA) is 72.2 Å². The number of nitrogens with one attached hydrogen (secondary N) is 1. The second kappa shape index (κ2) is 5.58. The maximum Gasteiger partial charge on any atom is 0.277 e. The number of ketones is 1. The number of oxazole rings is 1. The lowest BCUT2D eigenvalue weighted by molar-refractivity contribution is 0.100. The summed E-state index contributed by atoms with van der Waals surface area (Å²) in [6.45, 7) is 3.52. The molecule has 0 radical (unpaired) electrons. The van der Waals surface area contributed by atoms with E-state index < -0.39 is 0 Å². The van der Waals surface area contributed by atoms with Crippen LogP contribution in [0.3, 0.4) is 0 Å². The third-order valence-corrected chi connectivity index (χ3v) is 4.72. The summed E-state index contributed by atoms with van der Waals surface area (Å²) in [6.07, 6.45) is 5.82. The Hall–Kier alpha value is -2.43. The van der Waals surface area contributed by atoms with Crippen LogP contribution in [0.1, 0.15) is 82.3 Å². The van der Waals surface area contributed by atoms with Crippen molar-refractivity contribution in [3.05, 3.63) is 46.7 Å². The van der Waals surface area contributed by atoms with Crippen LogP contribution in [-0.2, 0) is 0 Å². The van der Waals surface area contributed by atoms with Crippen LogP contribution in [0.15, 0.2) is 22.8 Å². The largest absolute Gasteiger partial charge is 0.448 e. The summed E-state index contributed by atoms with van der Waals surface area (Å²) in [7, 11) is 0. The van der Waals surface area contributed by atoms with Crippen molar-refractivity contribution in [2.75, 3.05) is 5.32 Å². The second-order valence-corrected chi connectivity index (χ2v) is 6.88. The fraction of sp³-hybridized carbons (Fsp3) is 0.421. The van der Waals surface area contributed by atoms with E-state index >= 15 is 0 Å². The molecule has 2 saturated carbocycles. The number of Topliss-reactive ketones (excluding diaryl/α,β-unsaturated/α-hetero) is 1. The van der Waals surface area contributed by atoms with Crippen molar-refractivity contribution >= 4 is 17.4 Å². The van der Waals surface area contributed by atoms with Gasteiger partial charge in [-0.25, -0.2) is 4.98 Å². The van der Waals surface area contributed by atoms with E-state index in [0.717, 1.165) is 36.8 Å². The van der Waals surface area contributed by atoms with Crippen LogP contribution in [0.5, 0.6) is 0 Å². The van der Waals surface area contributed by atoms with E-state index in [9.17, 15) is 9.59 Å². The summed E-state index contributed by atoms with van der Waals surface area (Å²) in [4.78, 5) is 28.6. The number of carbonyl (C=O) groups is 2. The lowest BCUT2D eigenvalue weighted by atomic mass is 9.96. The molecule has 0 unspecified atom stereocenters. The molecule has 0 spiro atoms. The molecule has 5 nitrogen and oxygen atoms in total. The summed E-state index contributed by atoms with van der Waals surface area (Å²) in [5.74, 6) is 1.23. The molecule has 5 heteroatoms. The van der Waals surface area contributed by atoms with Crippen molar-refractivity contribution in [2.24, 2.45) is 0 Å². The monoisotopic (exact) mass is 324 g/mol. The first-order valence-electron chi connectivity index (χ1n) is 8.45. The first-order chi connectivity index (χ1) is 11.5. The van der Waals surface area contributed by atoms with E-state index in [1.54, 1.807) is 13.0 Å². The summed E-state index contributed by atoms with van der Waals surface area (Å²) in [5.41, 5.74) is 3.71. The zero-order valence-electron chi connectivity index (χ0n) is 13.9. The van der Waals surface area contributed by atoms with E-state index in [4.69, 9.17) is 4.42 Å². The van der Waals surface area contributed by atoms with Crippen molar-refractivity contribution in [3.63, 3.8) is 0 Å². The highest BCUT2D eigenvalue weighted by molar-refractivity contribution is 6.04. The maximum absolute atomic E-state index is 12.4. The molecule has 1 N–H and O–H groups in total. The van der Waals surface area contributed by atoms with Gasteiger partial charge in [0, 0.05) is 17.2 Å². The molecule has 1 heterocycles. The SMILES string of the molecule is CC(=O)c1cc(NC(=O)c2coc(C3CC3)n2)c(C)cc1C1CC1. The van der Waals surface area contributed by atoms with Gasteiger partial charge in [0.2, 0.25) is 0 Å². The Morgan fingerprint density at radius 1 is 1.17 bits per heavy atom. The molecule has 0 aliphatic heterocycles. The predicted molar refractivity (Wildman–Crippen MR) is 89.6 cm³/mol. The average Bonchev–Trinajstić information content (AvgIpc) is 3.47. The number of carbonyl (C=O) groups excluding carboxylic acids is 2. The summed E-state index contributed by atoms with van der Waals surface area (Å²) in [5, 5.41) is 2.87. The Kier molecular flexibility index (Phi) is 3.52. The van der Waals surface area contributed by atoms with Crippen LogP contribution < -0.4 is 5.32 Å². The highest BCUT2D eigenvalue weighted by Crippen LogP contribution is 2.43. The summed E-state index contributed by atoms with van der Waals surface area (Å²) < 4.78 is 5.37. The molecular formula is C19H20N2O3. The Bertz CT molecular complexity index is 829. The van der Waals surface area contributed by atoms with Gasteiger partial charge in [0.05, 0.1) is 0 Å². The number of hydrogen-bond acceptors (Lipinski definition) is 4. The molecule has 2 aliphatic rings. The Balaban J connectivity index is 1.59. The van der Waals surface area contributed by atoms with Gasteiger partial charge in [-0.3, -0.25) is 9.59 Å². The van der Waals surface area contributed by atoms with Gasteiger partial charge in [-0.2, -0.15) is 0 Å². The van der Waals surface area contributed by atoms with Crippen molar-refractivity contribution < 1.29 is 14.0 Å². The molecule has 2 fully saturated rings. The number of benzene rings is 1. The zero-order chi connectivity index (χ0) is 16.8. The predicted octanol–water partition coefficient (Wildman–Crippen LogP) is 4.19. The van der Waals surface area contributed by atoms with E-state index in [1.807, 2.05) is 13.0 Å². The van der Waals surface area contributed by atoms with Gasteiger partial charge in [-0.15, -0.1) is 0 Å². The molecule has 2 aliphatic carbocycles. The maximum atomic E-state index is 12.4. The molecule has 1 amide bonds. The molecule has 0 atom stereocenters. The first-order valence-corrected chi connectivity index (χ1v) is 8.45. The summed E-state index contributed by atoms with van der Waals surface area (Å²) >= 11 is 0. The number of aromatic nitrogens is 1. The van der Waals surface area contributed by atoms with Crippen molar-refractivity contribution in [2.45, 2.75) is 51.4 Å². The van der Waals surface area contributed by atoms with Crippen molar-refractivity contribution in [3.8, 4) is 0 Å². The molecule has 4 rings (SSSR count). The van der Waals surface area contributed by atoms with E-state index in [-0.39, 0.29) is 17.4 Å². The number of hydrogen-bond donors (Lipinski definition) is 1. The quantitative estimate of drug-likeness (QED) is 0.837. The Morgan fingerprint density at radius 3 is 2.50 bits per heavy atom. The number of nitrogens with zero attached hydrogens (tertiary/aromatic N) is 1. The number of amides is 1. The number of rotatable bonds is 5. The second-order valence-electron chi connectivity index (χ2n) is 6.88. The average molecular weight is 324 g/mol. The van der Waals surface area contributed by atoms with Gasteiger partial charge < -0.3 is 9.73 Å². The van der Waals surface area contributed by atoms with Gasteiger partial charge in [0.25, 0.3) is 5.91 Å². The molecule has 1 aromatic heterocycles. The fourth-order valence-corrected chi connectivity index (χ4v) is 3.00. The smallest absolute Gasteiger partial charge is 0.277 e. The molecule has 24 heavy (non-hydrogen) atoms. The van der Waals surface area contributed by atoms with Crippen molar-refractivity contribution in [1.82, 2.24) is 4.98 Å². The molecule has 1 aromatic carbocycles. The number of anilines is 1. The molecule has 0 bridgehead atoms. The number of aryl methyl sites for hydroxylation is 1. The third kappa shape index (κ3) is 2.86. The van der Waals surface area contributed by atoms with Crippen LogP contribution in [0.2, 0.25) is 0 Å². The van der Waals surface area contributed by atoms with Gasteiger partial charge in [0.1, 0.15) is 6.26 Å². The normalized spacial score (nSPS) is 16.9. The molecule has 2 aromatic rings. The van der Waals surface area contributed by atoms with Gasteiger partial charge >= 0.3 is 0 Å².